The maximum Gasteiger partial charge on any atom is 0.315 e. The lowest BCUT2D eigenvalue weighted by Crippen LogP contribution is -2.44. The standard InChI is InChI=1S/C18H25N3O2S/c1-13(11-22)14(2)20-18(23)19-10-16-12-24-17(21-16)9-8-15-6-4-3-5-7-15/h3-7,12-14,22H,8-11H2,1-2H3,(H2,19,20,23). The summed E-state index contributed by atoms with van der Waals surface area (Å²) in [7, 11) is 0. The van der Waals surface area contributed by atoms with Crippen molar-refractivity contribution < 1.29 is 9.90 Å². The van der Waals surface area contributed by atoms with Gasteiger partial charge in [0.1, 0.15) is 0 Å². The zero-order chi connectivity index (χ0) is 17.4. The first-order chi connectivity index (χ1) is 11.6. The number of benzene rings is 1. The number of amides is 2. The van der Waals surface area contributed by atoms with Gasteiger partial charge in [-0.3, -0.25) is 0 Å². The summed E-state index contributed by atoms with van der Waals surface area (Å²) in [4.78, 5) is 16.4. The van der Waals surface area contributed by atoms with Gasteiger partial charge in [-0.1, -0.05) is 37.3 Å². The van der Waals surface area contributed by atoms with E-state index in [4.69, 9.17) is 5.11 Å². The summed E-state index contributed by atoms with van der Waals surface area (Å²) < 4.78 is 0. The van der Waals surface area contributed by atoms with E-state index < -0.39 is 0 Å². The Morgan fingerprint density at radius 2 is 2.00 bits per heavy atom. The average Bonchev–Trinajstić information content (AvgIpc) is 3.06. The molecule has 5 nitrogen and oxygen atoms in total. The van der Waals surface area contributed by atoms with Crippen LogP contribution < -0.4 is 10.6 Å². The molecule has 1 aromatic heterocycles. The van der Waals surface area contributed by atoms with Gasteiger partial charge in [0.15, 0.2) is 0 Å². The highest BCUT2D eigenvalue weighted by atomic mass is 32.1. The Labute approximate surface area is 147 Å². The molecule has 0 saturated carbocycles. The molecule has 0 aliphatic carbocycles. The van der Waals surface area contributed by atoms with Gasteiger partial charge in [-0.05, 0) is 24.8 Å². The van der Waals surface area contributed by atoms with Gasteiger partial charge >= 0.3 is 6.03 Å². The Kier molecular flexibility index (Phi) is 7.21. The number of aliphatic hydroxyl groups excluding tert-OH is 1. The maximum absolute atomic E-state index is 11.8. The number of carbonyl (C=O) groups excluding carboxylic acids is 1. The molecule has 0 radical (unpaired) electrons. The van der Waals surface area contributed by atoms with Gasteiger partial charge in [-0.2, -0.15) is 0 Å². The number of aromatic nitrogens is 1. The first-order valence-corrected chi connectivity index (χ1v) is 9.09. The van der Waals surface area contributed by atoms with Crippen LogP contribution in [0.2, 0.25) is 0 Å². The van der Waals surface area contributed by atoms with E-state index in [0.717, 1.165) is 23.5 Å². The van der Waals surface area contributed by atoms with Crippen LogP contribution >= 0.6 is 11.3 Å². The first-order valence-electron chi connectivity index (χ1n) is 8.21. The van der Waals surface area contributed by atoms with Crippen molar-refractivity contribution in [2.24, 2.45) is 5.92 Å². The fraction of sp³-hybridized carbons (Fsp3) is 0.444. The fourth-order valence-electron chi connectivity index (χ4n) is 2.17. The molecule has 0 aliphatic rings. The largest absolute Gasteiger partial charge is 0.396 e. The van der Waals surface area contributed by atoms with Crippen molar-refractivity contribution >= 4 is 17.4 Å². The fourth-order valence-corrected chi connectivity index (χ4v) is 2.97. The highest BCUT2D eigenvalue weighted by molar-refractivity contribution is 7.09. The molecule has 0 spiro atoms. The summed E-state index contributed by atoms with van der Waals surface area (Å²) in [6.45, 7) is 4.24. The van der Waals surface area contributed by atoms with E-state index in [1.54, 1.807) is 11.3 Å². The summed E-state index contributed by atoms with van der Waals surface area (Å²) >= 11 is 1.63. The molecule has 1 aromatic carbocycles. The minimum atomic E-state index is -0.235. The van der Waals surface area contributed by atoms with Crippen molar-refractivity contribution in [1.82, 2.24) is 15.6 Å². The van der Waals surface area contributed by atoms with Crippen molar-refractivity contribution in [1.29, 1.82) is 0 Å². The number of aryl methyl sites for hydroxylation is 2. The lowest BCUT2D eigenvalue weighted by Gasteiger charge is -2.19. The SMILES string of the molecule is CC(CO)C(C)NC(=O)NCc1csc(CCc2ccccc2)n1. The average molecular weight is 347 g/mol. The lowest BCUT2D eigenvalue weighted by molar-refractivity contribution is 0.200. The molecule has 130 valence electrons. The Hall–Kier alpha value is -1.92. The third kappa shape index (κ3) is 5.94. The molecule has 6 heteroatoms. The van der Waals surface area contributed by atoms with Crippen LogP contribution in [0.5, 0.6) is 0 Å². The van der Waals surface area contributed by atoms with Crippen LogP contribution in [-0.4, -0.2) is 28.8 Å². The van der Waals surface area contributed by atoms with Crippen molar-refractivity contribution in [3.63, 3.8) is 0 Å². The van der Waals surface area contributed by atoms with Crippen LogP contribution in [0.25, 0.3) is 0 Å². The van der Waals surface area contributed by atoms with E-state index in [1.165, 1.54) is 5.56 Å². The number of thiazole rings is 1. The number of rotatable bonds is 8. The van der Waals surface area contributed by atoms with Crippen molar-refractivity contribution in [2.75, 3.05) is 6.61 Å². The summed E-state index contributed by atoms with van der Waals surface area (Å²) in [5.41, 5.74) is 2.18. The maximum atomic E-state index is 11.8. The number of urea groups is 1. The summed E-state index contributed by atoms with van der Waals surface area (Å²) in [6, 6.07) is 10.0. The van der Waals surface area contributed by atoms with Crippen LogP contribution in [0.1, 0.15) is 30.1 Å². The molecule has 2 unspecified atom stereocenters. The normalized spacial score (nSPS) is 13.3. The van der Waals surface area contributed by atoms with Crippen LogP contribution in [-0.2, 0) is 19.4 Å². The predicted octanol–water partition coefficient (Wildman–Crippen LogP) is 2.74. The predicted molar refractivity (Wildman–Crippen MR) is 97.0 cm³/mol. The van der Waals surface area contributed by atoms with Crippen LogP contribution in [0.4, 0.5) is 4.79 Å². The summed E-state index contributed by atoms with van der Waals surface area (Å²) in [5.74, 6) is 0.0274. The minimum Gasteiger partial charge on any atom is -0.396 e. The van der Waals surface area contributed by atoms with Crippen molar-refractivity contribution in [3.05, 3.63) is 52.0 Å². The van der Waals surface area contributed by atoms with Gasteiger partial charge in [0.05, 0.1) is 17.2 Å². The molecule has 24 heavy (non-hydrogen) atoms. The van der Waals surface area contributed by atoms with Crippen molar-refractivity contribution in [3.8, 4) is 0 Å². The molecule has 1 heterocycles. The van der Waals surface area contributed by atoms with E-state index in [-0.39, 0.29) is 24.6 Å². The third-order valence-corrected chi connectivity index (χ3v) is 4.96. The Balaban J connectivity index is 1.74. The van der Waals surface area contributed by atoms with Crippen LogP contribution in [0.15, 0.2) is 35.7 Å². The zero-order valence-corrected chi connectivity index (χ0v) is 15.0. The molecule has 0 saturated heterocycles. The molecule has 2 atom stereocenters. The molecule has 2 rings (SSSR count). The van der Waals surface area contributed by atoms with Gasteiger partial charge in [0.25, 0.3) is 0 Å². The summed E-state index contributed by atoms with van der Waals surface area (Å²) in [6.07, 6.45) is 1.88. The number of nitrogens with zero attached hydrogens (tertiary/aromatic N) is 1. The van der Waals surface area contributed by atoms with E-state index in [9.17, 15) is 4.79 Å². The van der Waals surface area contributed by atoms with Gasteiger partial charge in [0.2, 0.25) is 0 Å². The third-order valence-electron chi connectivity index (χ3n) is 4.00. The second kappa shape index (κ2) is 9.39. The highest BCUT2D eigenvalue weighted by Gasteiger charge is 2.13. The molecule has 0 aliphatic heterocycles. The van der Waals surface area contributed by atoms with E-state index in [2.05, 4.69) is 27.8 Å². The van der Waals surface area contributed by atoms with Gasteiger partial charge in [-0.15, -0.1) is 11.3 Å². The number of aliphatic hydroxyl groups is 1. The molecular formula is C18H25N3O2S. The molecule has 2 amide bonds. The smallest absolute Gasteiger partial charge is 0.315 e. The summed E-state index contributed by atoms with van der Waals surface area (Å²) in [5, 5.41) is 17.8. The molecule has 0 bridgehead atoms. The van der Waals surface area contributed by atoms with Crippen molar-refractivity contribution in [2.45, 2.75) is 39.3 Å². The van der Waals surface area contributed by atoms with Crippen LogP contribution in [0.3, 0.4) is 0 Å². The van der Waals surface area contributed by atoms with E-state index in [0.29, 0.717) is 6.54 Å². The Morgan fingerprint density at radius 3 is 2.71 bits per heavy atom. The van der Waals surface area contributed by atoms with Gasteiger partial charge in [-0.25, -0.2) is 9.78 Å². The second-order valence-electron chi connectivity index (χ2n) is 5.99. The molecular weight excluding hydrogens is 322 g/mol. The van der Waals surface area contributed by atoms with Gasteiger partial charge in [0, 0.05) is 24.4 Å². The van der Waals surface area contributed by atoms with E-state index >= 15 is 0 Å². The number of carbonyl (C=O) groups is 1. The number of nitrogens with one attached hydrogen (secondary N) is 2. The minimum absolute atomic E-state index is 0.0274. The first kappa shape index (κ1) is 18.4. The topological polar surface area (TPSA) is 74.2 Å². The lowest BCUT2D eigenvalue weighted by atomic mass is 10.1. The molecule has 2 aromatic rings. The Morgan fingerprint density at radius 1 is 1.25 bits per heavy atom. The Bertz CT molecular complexity index is 630. The quantitative estimate of drug-likeness (QED) is 0.687. The highest BCUT2D eigenvalue weighted by Crippen LogP contribution is 2.13. The number of hydrogen-bond acceptors (Lipinski definition) is 4. The monoisotopic (exact) mass is 347 g/mol. The van der Waals surface area contributed by atoms with Crippen LogP contribution in [0, 0.1) is 5.92 Å². The van der Waals surface area contributed by atoms with Gasteiger partial charge < -0.3 is 15.7 Å². The van der Waals surface area contributed by atoms with E-state index in [1.807, 2.05) is 37.4 Å². The second-order valence-corrected chi connectivity index (χ2v) is 6.94. The zero-order valence-electron chi connectivity index (χ0n) is 14.2. The molecule has 0 fully saturated rings. The molecule has 3 N–H and O–H groups in total. The number of hydrogen-bond donors (Lipinski definition) is 3.